The van der Waals surface area contributed by atoms with Gasteiger partial charge in [0.1, 0.15) is 0 Å². The molecule has 31 heavy (non-hydrogen) atoms. The number of rotatable bonds is 7. The van der Waals surface area contributed by atoms with Gasteiger partial charge in [-0.15, -0.1) is 0 Å². The van der Waals surface area contributed by atoms with Crippen molar-refractivity contribution >= 4 is 0 Å². The second-order valence-electron chi connectivity index (χ2n) is 8.30. The van der Waals surface area contributed by atoms with Crippen LogP contribution in [0.2, 0.25) is 0 Å². The summed E-state index contributed by atoms with van der Waals surface area (Å²) in [7, 11) is 0. The highest BCUT2D eigenvalue weighted by molar-refractivity contribution is 5.46. The zero-order valence-corrected chi connectivity index (χ0v) is 17.9. The van der Waals surface area contributed by atoms with E-state index in [9.17, 15) is 0 Å². The van der Waals surface area contributed by atoms with E-state index in [0.717, 1.165) is 0 Å². The molecule has 1 atom stereocenters. The molecule has 156 valence electrons. The van der Waals surface area contributed by atoms with E-state index in [-0.39, 0.29) is 17.9 Å². The first-order valence-electron chi connectivity index (χ1n) is 10.9. The number of nitrogens with two attached hydrogens (primary N) is 2. The molecular weight excluding hydrogens is 376 g/mol. The van der Waals surface area contributed by atoms with Gasteiger partial charge in [0, 0.05) is 17.9 Å². The minimum atomic E-state index is -0.772. The molecule has 4 aromatic carbocycles. The third-order valence-electron chi connectivity index (χ3n) is 6.32. The Morgan fingerprint density at radius 2 is 0.710 bits per heavy atom. The molecule has 0 heterocycles. The van der Waals surface area contributed by atoms with Crippen molar-refractivity contribution in [2.45, 2.75) is 30.3 Å². The number of hydrogen-bond acceptors (Lipinski definition) is 2. The molecule has 2 heteroatoms. The second-order valence-corrected chi connectivity index (χ2v) is 8.30. The van der Waals surface area contributed by atoms with E-state index in [1.807, 2.05) is 31.2 Å². The fraction of sp³-hybridized carbons (Fsp3) is 0.172. The maximum Gasteiger partial charge on any atom is 0.0526 e. The first kappa shape index (κ1) is 21.0. The summed E-state index contributed by atoms with van der Waals surface area (Å²) in [6.07, 6.45) is 0. The summed E-state index contributed by atoms with van der Waals surface area (Å²) in [5, 5.41) is 0. The summed E-state index contributed by atoms with van der Waals surface area (Å²) in [6.45, 7) is 2.04. The van der Waals surface area contributed by atoms with Crippen LogP contribution in [0.1, 0.15) is 41.0 Å². The summed E-state index contributed by atoms with van der Waals surface area (Å²) >= 11 is 0. The molecule has 0 amide bonds. The standard InChI is InChI=1S/C29H30N2/c1-22(30)29(31,27(23-14-6-2-7-15-23)24-16-8-3-9-17-24)28(25-18-10-4-11-19-25)26-20-12-5-13-21-26/h2-22,27-28H,30-31H2,1H3. The Kier molecular flexibility index (Phi) is 6.31. The van der Waals surface area contributed by atoms with Crippen molar-refractivity contribution in [2.24, 2.45) is 11.5 Å². The van der Waals surface area contributed by atoms with Crippen LogP contribution in [0.4, 0.5) is 0 Å². The zero-order valence-electron chi connectivity index (χ0n) is 17.9. The molecule has 0 aliphatic carbocycles. The van der Waals surface area contributed by atoms with Crippen molar-refractivity contribution in [3.63, 3.8) is 0 Å². The van der Waals surface area contributed by atoms with Crippen molar-refractivity contribution in [1.82, 2.24) is 0 Å². The summed E-state index contributed by atoms with van der Waals surface area (Å²) in [5.41, 5.74) is 18.2. The van der Waals surface area contributed by atoms with Gasteiger partial charge in [-0.2, -0.15) is 0 Å². The average molecular weight is 407 g/mol. The van der Waals surface area contributed by atoms with Crippen LogP contribution in [0.5, 0.6) is 0 Å². The molecular formula is C29H30N2. The van der Waals surface area contributed by atoms with Gasteiger partial charge in [-0.3, -0.25) is 0 Å². The van der Waals surface area contributed by atoms with E-state index in [0.29, 0.717) is 0 Å². The van der Waals surface area contributed by atoms with E-state index in [1.165, 1.54) is 22.3 Å². The molecule has 4 rings (SSSR count). The number of benzene rings is 4. The molecule has 0 bridgehead atoms. The summed E-state index contributed by atoms with van der Waals surface area (Å²) in [4.78, 5) is 0. The number of hydrogen-bond donors (Lipinski definition) is 2. The maximum absolute atomic E-state index is 7.53. The molecule has 4 N–H and O–H groups in total. The van der Waals surface area contributed by atoms with Crippen LogP contribution in [-0.2, 0) is 0 Å². The predicted octanol–water partition coefficient (Wildman–Crippen LogP) is 5.70. The SMILES string of the molecule is CC(N)C(N)(C(c1ccccc1)c1ccccc1)C(c1ccccc1)c1ccccc1. The minimum absolute atomic E-state index is 0.0830. The van der Waals surface area contributed by atoms with Crippen LogP contribution in [0.25, 0.3) is 0 Å². The van der Waals surface area contributed by atoms with E-state index < -0.39 is 5.54 Å². The van der Waals surface area contributed by atoms with Crippen LogP contribution >= 0.6 is 0 Å². The Hall–Kier alpha value is -3.20. The fourth-order valence-corrected chi connectivity index (χ4v) is 4.81. The van der Waals surface area contributed by atoms with Gasteiger partial charge in [-0.1, -0.05) is 121 Å². The largest absolute Gasteiger partial charge is 0.326 e. The van der Waals surface area contributed by atoms with Gasteiger partial charge < -0.3 is 11.5 Å². The van der Waals surface area contributed by atoms with E-state index in [2.05, 4.69) is 97.1 Å². The van der Waals surface area contributed by atoms with Crippen molar-refractivity contribution < 1.29 is 0 Å². The van der Waals surface area contributed by atoms with Gasteiger partial charge in [-0.05, 0) is 29.2 Å². The maximum atomic E-state index is 7.53. The highest BCUT2D eigenvalue weighted by Crippen LogP contribution is 2.46. The molecule has 0 aliphatic heterocycles. The first-order chi connectivity index (χ1) is 15.1. The molecule has 0 aromatic heterocycles. The normalized spacial score (nSPS) is 12.8. The summed E-state index contributed by atoms with van der Waals surface area (Å²) < 4.78 is 0. The molecule has 2 nitrogen and oxygen atoms in total. The summed E-state index contributed by atoms with van der Waals surface area (Å²) in [5.74, 6) is -0.166. The lowest BCUT2D eigenvalue weighted by Gasteiger charge is -2.47. The lowest BCUT2D eigenvalue weighted by molar-refractivity contribution is 0.285. The third-order valence-corrected chi connectivity index (χ3v) is 6.32. The molecule has 0 saturated heterocycles. The third kappa shape index (κ3) is 4.18. The molecule has 0 saturated carbocycles. The van der Waals surface area contributed by atoms with Crippen LogP contribution in [0, 0.1) is 0 Å². The van der Waals surface area contributed by atoms with Gasteiger partial charge in [0.25, 0.3) is 0 Å². The Labute approximate surface area is 185 Å². The Morgan fingerprint density at radius 3 is 0.903 bits per heavy atom. The van der Waals surface area contributed by atoms with Gasteiger partial charge in [0.15, 0.2) is 0 Å². The van der Waals surface area contributed by atoms with Crippen LogP contribution in [0.15, 0.2) is 121 Å². The molecule has 1 unspecified atom stereocenters. The van der Waals surface area contributed by atoms with Gasteiger partial charge in [0.2, 0.25) is 0 Å². The van der Waals surface area contributed by atoms with Crippen molar-refractivity contribution in [1.29, 1.82) is 0 Å². The topological polar surface area (TPSA) is 52.0 Å². The molecule has 0 fully saturated rings. The van der Waals surface area contributed by atoms with E-state index in [1.54, 1.807) is 0 Å². The van der Waals surface area contributed by atoms with Crippen molar-refractivity contribution in [2.75, 3.05) is 0 Å². The highest BCUT2D eigenvalue weighted by atomic mass is 14.9. The smallest absolute Gasteiger partial charge is 0.0526 e. The van der Waals surface area contributed by atoms with Gasteiger partial charge in [0.05, 0.1) is 5.54 Å². The van der Waals surface area contributed by atoms with Crippen LogP contribution in [0.3, 0.4) is 0 Å². The Bertz CT molecular complexity index is 899. The zero-order chi connectivity index (χ0) is 21.7. The minimum Gasteiger partial charge on any atom is -0.326 e. The van der Waals surface area contributed by atoms with E-state index in [4.69, 9.17) is 11.5 Å². The molecule has 0 aliphatic rings. The van der Waals surface area contributed by atoms with Gasteiger partial charge in [-0.25, -0.2) is 0 Å². The summed E-state index contributed by atoms with van der Waals surface area (Å²) in [6, 6.07) is 41.8. The van der Waals surface area contributed by atoms with Crippen molar-refractivity contribution in [3.8, 4) is 0 Å². The Balaban J connectivity index is 2.00. The monoisotopic (exact) mass is 406 g/mol. The highest BCUT2D eigenvalue weighted by Gasteiger charge is 2.47. The van der Waals surface area contributed by atoms with Gasteiger partial charge >= 0.3 is 0 Å². The first-order valence-corrected chi connectivity index (χ1v) is 10.9. The molecule has 0 spiro atoms. The molecule has 4 aromatic rings. The van der Waals surface area contributed by atoms with Crippen LogP contribution < -0.4 is 11.5 Å². The molecule has 0 radical (unpaired) electrons. The average Bonchev–Trinajstić information content (AvgIpc) is 2.82. The second kappa shape index (κ2) is 9.30. The fourth-order valence-electron chi connectivity index (χ4n) is 4.81. The predicted molar refractivity (Wildman–Crippen MR) is 130 cm³/mol. The lowest BCUT2D eigenvalue weighted by Crippen LogP contribution is -2.62. The Morgan fingerprint density at radius 1 is 0.484 bits per heavy atom. The quantitative estimate of drug-likeness (QED) is 0.414. The lowest BCUT2D eigenvalue weighted by atomic mass is 9.61. The van der Waals surface area contributed by atoms with E-state index >= 15 is 0 Å². The van der Waals surface area contributed by atoms with Crippen LogP contribution in [-0.4, -0.2) is 11.6 Å². The van der Waals surface area contributed by atoms with Crippen molar-refractivity contribution in [3.05, 3.63) is 144 Å².